The Bertz CT molecular complexity index is 1090. The Morgan fingerprint density at radius 1 is 1.24 bits per heavy atom. The van der Waals surface area contributed by atoms with Crippen molar-refractivity contribution in [1.82, 2.24) is 30.1 Å². The van der Waals surface area contributed by atoms with Crippen molar-refractivity contribution in [3.05, 3.63) is 54.6 Å². The van der Waals surface area contributed by atoms with Gasteiger partial charge in [-0.1, -0.05) is 6.58 Å². The number of hydrogen-bond donors (Lipinski definition) is 3. The maximum absolute atomic E-state index is 12.1. The molecule has 2 aliphatic rings. The Morgan fingerprint density at radius 3 is 2.70 bits per heavy atom. The van der Waals surface area contributed by atoms with Gasteiger partial charge >= 0.3 is 0 Å². The summed E-state index contributed by atoms with van der Waals surface area (Å²) in [7, 11) is 0. The van der Waals surface area contributed by atoms with Crippen LogP contribution in [-0.4, -0.2) is 43.1 Å². The molecule has 1 aliphatic carbocycles. The third-order valence-electron chi connectivity index (χ3n) is 4.84. The predicted octanol–water partition coefficient (Wildman–Crippen LogP) is 3.37. The van der Waals surface area contributed by atoms with Crippen molar-refractivity contribution in [2.45, 2.75) is 31.6 Å². The first-order valence-corrected chi connectivity index (χ1v) is 10.2. The summed E-state index contributed by atoms with van der Waals surface area (Å²) in [5, 5.41) is 12.8. The lowest BCUT2D eigenvalue weighted by Gasteiger charge is -2.16. The number of pyridine rings is 1. The smallest absolute Gasteiger partial charge is 0.234 e. The molecule has 3 aromatic heterocycles. The molecule has 0 atom stereocenters. The molecule has 0 aromatic carbocycles. The average molecular weight is 449 g/mol. The fraction of sp³-hybridized carbons (Fsp3) is 0.273. The van der Waals surface area contributed by atoms with Gasteiger partial charge in [0.15, 0.2) is 5.82 Å². The molecule has 3 N–H and O–H groups in total. The highest BCUT2D eigenvalue weighted by Gasteiger charge is 2.25. The molecule has 1 aliphatic heterocycles. The third-order valence-corrected chi connectivity index (χ3v) is 4.84. The lowest BCUT2D eigenvalue weighted by molar-refractivity contribution is -0.105. The second-order valence-electron chi connectivity index (χ2n) is 7.17. The number of carbonyl (C=O) groups excluding carboxylic acids is 1. The number of aromatic amines is 1. The predicted molar refractivity (Wildman–Crippen MR) is 123 cm³/mol. The van der Waals surface area contributed by atoms with Crippen molar-refractivity contribution in [1.29, 1.82) is 0 Å². The Labute approximate surface area is 190 Å². The normalized spacial score (nSPS) is 14.4. The van der Waals surface area contributed by atoms with E-state index < -0.39 is 5.95 Å². The molecule has 0 unspecified atom stereocenters. The van der Waals surface area contributed by atoms with Gasteiger partial charge < -0.3 is 15.5 Å². The Kier molecular flexibility index (Phi) is 8.02. The monoisotopic (exact) mass is 449 g/mol. The topological polar surface area (TPSA) is 125 Å². The number of carbonyl (C=O) groups is 1. The first kappa shape index (κ1) is 23.3. The Balaban J connectivity index is 0.000000216. The number of allylic oxidation sites excluding steroid dienone is 1. The van der Waals surface area contributed by atoms with Gasteiger partial charge in [-0.3, -0.25) is 9.89 Å². The van der Waals surface area contributed by atoms with Gasteiger partial charge in [0.1, 0.15) is 6.33 Å². The number of hydrogen-bond acceptors (Lipinski definition) is 8. The van der Waals surface area contributed by atoms with E-state index in [4.69, 9.17) is 0 Å². The lowest BCUT2D eigenvalue weighted by Crippen LogP contribution is -2.19. The molecule has 0 bridgehead atoms. The molecule has 5 rings (SSSR count). The number of nitrogens with zero attached hydrogens (tertiary/aromatic N) is 6. The van der Waals surface area contributed by atoms with Crippen molar-refractivity contribution in [2.24, 2.45) is 0 Å². The van der Waals surface area contributed by atoms with E-state index in [2.05, 4.69) is 60.2 Å². The molecule has 0 spiro atoms. The van der Waals surface area contributed by atoms with Crippen LogP contribution in [0, 0.1) is 18.8 Å². The van der Waals surface area contributed by atoms with Gasteiger partial charge in [0.2, 0.25) is 24.3 Å². The minimum absolute atomic E-state index is 0.483. The SMILES string of the molecule is C#C.C=C1CCCN1c1ncnc(Nc2cc(C3CC3)[nH]n2)n1.O=CNc1ccc(F)nc1. The van der Waals surface area contributed by atoms with E-state index in [9.17, 15) is 9.18 Å². The maximum atomic E-state index is 12.1. The van der Waals surface area contributed by atoms with Crippen LogP contribution in [-0.2, 0) is 4.79 Å². The molecular weight excluding hydrogens is 425 g/mol. The largest absolute Gasteiger partial charge is 0.327 e. The molecule has 1 amide bonds. The zero-order valence-electron chi connectivity index (χ0n) is 17.9. The number of nitrogens with one attached hydrogen (secondary N) is 3. The van der Waals surface area contributed by atoms with Crippen LogP contribution in [0.25, 0.3) is 0 Å². The van der Waals surface area contributed by atoms with Crippen LogP contribution in [0.2, 0.25) is 0 Å². The van der Waals surface area contributed by atoms with E-state index in [0.717, 1.165) is 30.9 Å². The van der Waals surface area contributed by atoms with E-state index in [1.54, 1.807) is 0 Å². The summed E-state index contributed by atoms with van der Waals surface area (Å²) in [6.45, 7) is 4.96. The highest BCUT2D eigenvalue weighted by molar-refractivity contribution is 5.70. The quantitative estimate of drug-likeness (QED) is 0.297. The first-order chi connectivity index (χ1) is 16.1. The minimum atomic E-state index is -0.559. The number of halogens is 1. The molecule has 1 saturated heterocycles. The summed E-state index contributed by atoms with van der Waals surface area (Å²) in [6, 6.07) is 4.62. The van der Waals surface area contributed by atoms with Crippen molar-refractivity contribution in [2.75, 3.05) is 22.1 Å². The van der Waals surface area contributed by atoms with Crippen molar-refractivity contribution < 1.29 is 9.18 Å². The van der Waals surface area contributed by atoms with Crippen LogP contribution in [0.4, 0.5) is 27.8 Å². The molecule has 1 saturated carbocycles. The van der Waals surface area contributed by atoms with Crippen LogP contribution < -0.4 is 15.5 Å². The molecular formula is C22H24FN9O. The van der Waals surface area contributed by atoms with Gasteiger partial charge in [0.05, 0.1) is 11.9 Å². The first-order valence-electron chi connectivity index (χ1n) is 10.2. The van der Waals surface area contributed by atoms with Crippen LogP contribution in [0.1, 0.15) is 37.3 Å². The van der Waals surface area contributed by atoms with Crippen molar-refractivity contribution >= 4 is 29.8 Å². The number of H-pyrrole nitrogens is 1. The summed E-state index contributed by atoms with van der Waals surface area (Å²) in [5.41, 5.74) is 2.72. The van der Waals surface area contributed by atoms with Crippen LogP contribution in [0.5, 0.6) is 0 Å². The summed E-state index contributed by atoms with van der Waals surface area (Å²) in [5.74, 6) is 1.99. The maximum Gasteiger partial charge on any atom is 0.234 e. The van der Waals surface area contributed by atoms with Crippen LogP contribution in [0.3, 0.4) is 0 Å². The second-order valence-corrected chi connectivity index (χ2v) is 7.17. The zero-order valence-corrected chi connectivity index (χ0v) is 17.9. The lowest BCUT2D eigenvalue weighted by atomic mass is 10.3. The van der Waals surface area contributed by atoms with E-state index in [-0.39, 0.29) is 0 Å². The molecule has 0 radical (unpaired) electrons. The molecule has 10 nitrogen and oxygen atoms in total. The zero-order chi connectivity index (χ0) is 23.6. The molecule has 2 fully saturated rings. The number of terminal acetylenes is 1. The Morgan fingerprint density at radius 2 is 2.06 bits per heavy atom. The number of amides is 1. The Hall–Kier alpha value is -4.33. The van der Waals surface area contributed by atoms with E-state index in [1.165, 1.54) is 43.2 Å². The van der Waals surface area contributed by atoms with Gasteiger partial charge in [-0.25, -0.2) is 15.0 Å². The van der Waals surface area contributed by atoms with Gasteiger partial charge in [0, 0.05) is 29.9 Å². The highest BCUT2D eigenvalue weighted by Crippen LogP contribution is 2.39. The van der Waals surface area contributed by atoms with Gasteiger partial charge in [-0.2, -0.15) is 14.5 Å². The average Bonchev–Trinajstić information content (AvgIpc) is 3.44. The van der Waals surface area contributed by atoms with Crippen molar-refractivity contribution in [3.8, 4) is 12.8 Å². The van der Waals surface area contributed by atoms with E-state index >= 15 is 0 Å². The van der Waals surface area contributed by atoms with Gasteiger partial charge in [0.25, 0.3) is 0 Å². The second kappa shape index (κ2) is 11.3. The molecule has 33 heavy (non-hydrogen) atoms. The number of anilines is 4. The van der Waals surface area contributed by atoms with Gasteiger partial charge in [-0.15, -0.1) is 12.8 Å². The third kappa shape index (κ3) is 6.57. The molecule has 11 heteroatoms. The number of aromatic nitrogens is 6. The van der Waals surface area contributed by atoms with E-state index in [0.29, 0.717) is 29.9 Å². The summed E-state index contributed by atoms with van der Waals surface area (Å²) in [6.07, 6.45) is 15.8. The molecule has 4 heterocycles. The van der Waals surface area contributed by atoms with Gasteiger partial charge in [-0.05, 0) is 37.8 Å². The summed E-state index contributed by atoms with van der Waals surface area (Å²) in [4.78, 5) is 28.0. The molecule has 170 valence electrons. The fourth-order valence-electron chi connectivity index (χ4n) is 3.10. The van der Waals surface area contributed by atoms with Crippen LogP contribution >= 0.6 is 0 Å². The standard InChI is InChI=1S/C14H17N7.C6H5FN2O.C2H2/c1-9-3-2-6-21(9)14-16-8-15-13(18-14)17-12-7-11(19-20-12)10-4-5-10;7-6-2-1-5(3-8-6)9-4-10;1-2/h7-8,10H,1-6H2,(H2,15,16,17,18,19,20);1-4H,(H,9,10);1-2H. The molecule has 3 aromatic rings. The summed E-state index contributed by atoms with van der Waals surface area (Å²) < 4.78 is 12.1. The minimum Gasteiger partial charge on any atom is -0.327 e. The summed E-state index contributed by atoms with van der Waals surface area (Å²) >= 11 is 0. The van der Waals surface area contributed by atoms with Crippen LogP contribution in [0.15, 0.2) is 43.0 Å². The highest BCUT2D eigenvalue weighted by atomic mass is 19.1. The van der Waals surface area contributed by atoms with Crippen molar-refractivity contribution in [3.63, 3.8) is 0 Å². The van der Waals surface area contributed by atoms with E-state index in [1.807, 2.05) is 11.0 Å². The fourth-order valence-corrected chi connectivity index (χ4v) is 3.10. The number of rotatable bonds is 6.